The van der Waals surface area contributed by atoms with Crippen molar-refractivity contribution in [1.82, 2.24) is 14.9 Å². The minimum Gasteiger partial charge on any atom is -0.395 e. The van der Waals surface area contributed by atoms with Gasteiger partial charge in [-0.25, -0.2) is 4.98 Å². The Morgan fingerprint density at radius 1 is 1.31 bits per heavy atom. The van der Waals surface area contributed by atoms with Crippen LogP contribution < -0.4 is 15.0 Å². The molecule has 1 N–H and O–H groups in total. The molecule has 0 spiro atoms. The van der Waals surface area contributed by atoms with Crippen LogP contribution in [0.15, 0.2) is 29.1 Å². The highest BCUT2D eigenvalue weighted by Gasteiger charge is 2.44. The number of fused-ring (bicyclic) bond motifs is 1. The fourth-order valence-corrected chi connectivity index (χ4v) is 3.59. The molecule has 0 atom stereocenters. The van der Waals surface area contributed by atoms with Crippen LogP contribution in [0.3, 0.4) is 0 Å². The van der Waals surface area contributed by atoms with Gasteiger partial charge in [0.1, 0.15) is 5.82 Å². The summed E-state index contributed by atoms with van der Waals surface area (Å²) < 4.78 is 35.8. The molecule has 138 valence electrons. The van der Waals surface area contributed by atoms with Crippen LogP contribution in [0.4, 0.5) is 8.78 Å². The maximum Gasteiger partial charge on any atom is 0.586 e. The van der Waals surface area contributed by atoms with Gasteiger partial charge >= 0.3 is 6.29 Å². The number of aromatic nitrogens is 2. The number of hydrogen-bond acceptors (Lipinski definition) is 5. The molecule has 3 heterocycles. The lowest BCUT2D eigenvalue weighted by Crippen LogP contribution is -2.33. The van der Waals surface area contributed by atoms with E-state index in [4.69, 9.17) is 0 Å². The number of piperidine rings is 1. The van der Waals surface area contributed by atoms with Crippen LogP contribution >= 0.6 is 0 Å². The predicted molar refractivity (Wildman–Crippen MR) is 89.5 cm³/mol. The smallest absolute Gasteiger partial charge is 0.395 e. The third-order valence-corrected chi connectivity index (χ3v) is 4.79. The average molecular weight is 363 g/mol. The average Bonchev–Trinajstić information content (AvgIpc) is 2.90. The quantitative estimate of drug-likeness (QED) is 0.908. The van der Waals surface area contributed by atoms with Gasteiger partial charge in [-0.1, -0.05) is 12.1 Å². The lowest BCUT2D eigenvalue weighted by molar-refractivity contribution is -0.287. The van der Waals surface area contributed by atoms with Crippen molar-refractivity contribution in [2.24, 2.45) is 0 Å². The lowest BCUT2D eigenvalue weighted by atomic mass is 9.93. The molecule has 4 rings (SSSR count). The van der Waals surface area contributed by atoms with Crippen molar-refractivity contribution >= 4 is 0 Å². The first-order valence-electron chi connectivity index (χ1n) is 8.57. The van der Waals surface area contributed by atoms with Gasteiger partial charge in [0, 0.05) is 24.1 Å². The lowest BCUT2D eigenvalue weighted by Gasteiger charge is -2.31. The van der Waals surface area contributed by atoms with Crippen molar-refractivity contribution < 1.29 is 18.3 Å². The van der Waals surface area contributed by atoms with Crippen LogP contribution in [0.2, 0.25) is 0 Å². The second-order valence-corrected chi connectivity index (χ2v) is 6.72. The Balaban J connectivity index is 1.42. The van der Waals surface area contributed by atoms with Gasteiger partial charge in [0.25, 0.3) is 5.56 Å². The number of rotatable bonds is 3. The summed E-state index contributed by atoms with van der Waals surface area (Å²) in [6, 6.07) is 6.50. The van der Waals surface area contributed by atoms with Gasteiger partial charge < -0.3 is 14.5 Å². The molecule has 1 fully saturated rings. The van der Waals surface area contributed by atoms with Crippen LogP contribution in [0, 0.1) is 6.92 Å². The molecule has 2 aliphatic heterocycles. The molecule has 1 aromatic carbocycles. The van der Waals surface area contributed by atoms with Crippen LogP contribution in [0.5, 0.6) is 11.5 Å². The molecule has 1 saturated heterocycles. The molecular weight excluding hydrogens is 344 g/mol. The van der Waals surface area contributed by atoms with E-state index in [1.807, 2.05) is 0 Å². The number of halogens is 2. The predicted octanol–water partition coefficient (Wildman–Crippen LogP) is 2.78. The summed E-state index contributed by atoms with van der Waals surface area (Å²) in [6.45, 7) is 3.86. The summed E-state index contributed by atoms with van der Waals surface area (Å²) in [5.74, 6) is 1.04. The SMILES string of the molecule is Cc1nc(C2CCN(Cc3cccc4c3OC(F)(F)O4)CC2)cc(=O)[nH]1. The molecular formula is C18H19F2N3O3. The van der Waals surface area contributed by atoms with Gasteiger partial charge in [-0.05, 0) is 38.9 Å². The van der Waals surface area contributed by atoms with E-state index in [1.54, 1.807) is 25.1 Å². The molecule has 2 aliphatic rings. The highest BCUT2D eigenvalue weighted by atomic mass is 19.3. The molecule has 8 heteroatoms. The summed E-state index contributed by atoms with van der Waals surface area (Å²) in [7, 11) is 0. The second-order valence-electron chi connectivity index (χ2n) is 6.72. The number of nitrogens with zero attached hydrogens (tertiary/aromatic N) is 2. The number of ether oxygens (including phenoxy) is 2. The van der Waals surface area contributed by atoms with E-state index >= 15 is 0 Å². The van der Waals surface area contributed by atoms with Crippen molar-refractivity contribution in [3.8, 4) is 11.5 Å². The number of nitrogens with one attached hydrogen (secondary N) is 1. The minimum absolute atomic E-state index is 0.0746. The van der Waals surface area contributed by atoms with Gasteiger partial charge in [-0.3, -0.25) is 9.69 Å². The van der Waals surface area contributed by atoms with Crippen LogP contribution in [0.1, 0.15) is 35.8 Å². The molecule has 0 bridgehead atoms. The number of hydrogen-bond donors (Lipinski definition) is 1. The summed E-state index contributed by atoms with van der Waals surface area (Å²) >= 11 is 0. The van der Waals surface area contributed by atoms with Gasteiger partial charge in [-0.15, -0.1) is 8.78 Å². The summed E-state index contributed by atoms with van der Waals surface area (Å²) in [5, 5.41) is 0. The van der Waals surface area contributed by atoms with E-state index in [0.717, 1.165) is 31.6 Å². The van der Waals surface area contributed by atoms with Crippen LogP contribution in [-0.2, 0) is 6.54 Å². The largest absolute Gasteiger partial charge is 0.586 e. The van der Waals surface area contributed by atoms with Gasteiger partial charge in [0.15, 0.2) is 11.5 Å². The van der Waals surface area contributed by atoms with Crippen molar-refractivity contribution in [3.05, 3.63) is 51.7 Å². The van der Waals surface area contributed by atoms with Crippen molar-refractivity contribution in [2.45, 2.75) is 38.5 Å². The number of benzene rings is 1. The first kappa shape index (κ1) is 17.0. The minimum atomic E-state index is -3.60. The van der Waals surface area contributed by atoms with Gasteiger partial charge in [0.2, 0.25) is 0 Å². The molecule has 0 radical (unpaired) electrons. The van der Waals surface area contributed by atoms with E-state index < -0.39 is 6.29 Å². The zero-order valence-corrected chi connectivity index (χ0v) is 14.3. The number of H-pyrrole nitrogens is 1. The van der Waals surface area contributed by atoms with Crippen molar-refractivity contribution in [2.75, 3.05) is 13.1 Å². The fraction of sp³-hybridized carbons (Fsp3) is 0.444. The zero-order chi connectivity index (χ0) is 18.3. The van der Waals surface area contributed by atoms with E-state index in [9.17, 15) is 13.6 Å². The molecule has 6 nitrogen and oxygen atoms in total. The number of para-hydroxylation sites is 1. The van der Waals surface area contributed by atoms with Gasteiger partial charge in [-0.2, -0.15) is 0 Å². The third kappa shape index (κ3) is 3.41. The van der Waals surface area contributed by atoms with Crippen LogP contribution in [0.25, 0.3) is 0 Å². The Morgan fingerprint density at radius 2 is 2.08 bits per heavy atom. The Hall–Kier alpha value is -2.48. The van der Waals surface area contributed by atoms with Gasteiger partial charge in [0.05, 0.1) is 5.69 Å². The molecule has 2 aromatic rings. The first-order valence-corrected chi connectivity index (χ1v) is 8.57. The maximum atomic E-state index is 13.3. The molecule has 0 aliphatic carbocycles. The first-order chi connectivity index (χ1) is 12.4. The molecule has 0 unspecified atom stereocenters. The zero-order valence-electron chi connectivity index (χ0n) is 14.3. The van der Waals surface area contributed by atoms with E-state index in [0.29, 0.717) is 17.9 Å². The van der Waals surface area contributed by atoms with E-state index in [1.165, 1.54) is 6.07 Å². The Kier molecular flexibility index (Phi) is 4.14. The highest BCUT2D eigenvalue weighted by molar-refractivity contribution is 5.48. The standard InChI is InChI=1S/C18H19F2N3O3/c1-11-21-14(9-16(24)22-11)12-5-7-23(8-6-12)10-13-3-2-4-15-17(13)26-18(19,20)25-15/h2-4,9,12H,5-8,10H2,1H3,(H,21,22,24). The number of alkyl halides is 2. The topological polar surface area (TPSA) is 67.5 Å². The molecule has 0 saturated carbocycles. The Labute approximate surface area is 148 Å². The summed E-state index contributed by atoms with van der Waals surface area (Å²) in [5.41, 5.74) is 1.37. The van der Waals surface area contributed by atoms with E-state index in [2.05, 4.69) is 24.3 Å². The normalized spacial score (nSPS) is 19.7. The van der Waals surface area contributed by atoms with Crippen LogP contribution in [-0.4, -0.2) is 34.3 Å². The fourth-order valence-electron chi connectivity index (χ4n) is 3.59. The van der Waals surface area contributed by atoms with E-state index in [-0.39, 0.29) is 23.0 Å². The molecule has 0 amide bonds. The Bertz CT molecular complexity index is 876. The third-order valence-electron chi connectivity index (χ3n) is 4.79. The summed E-state index contributed by atoms with van der Waals surface area (Å²) in [6.07, 6.45) is -1.88. The number of aryl methyl sites for hydroxylation is 1. The summed E-state index contributed by atoms with van der Waals surface area (Å²) in [4.78, 5) is 20.9. The molecule has 1 aromatic heterocycles. The van der Waals surface area contributed by atoms with Crippen molar-refractivity contribution in [1.29, 1.82) is 0 Å². The number of likely N-dealkylation sites (tertiary alicyclic amines) is 1. The van der Waals surface area contributed by atoms with Crippen molar-refractivity contribution in [3.63, 3.8) is 0 Å². The second kappa shape index (κ2) is 6.35. The highest BCUT2D eigenvalue weighted by Crippen LogP contribution is 2.43. The Morgan fingerprint density at radius 3 is 2.81 bits per heavy atom. The molecule has 26 heavy (non-hydrogen) atoms. The number of aromatic amines is 1. The maximum absolute atomic E-state index is 13.3. The monoisotopic (exact) mass is 363 g/mol.